The summed E-state index contributed by atoms with van der Waals surface area (Å²) in [6.07, 6.45) is 2.81. The quantitative estimate of drug-likeness (QED) is 0.914. The van der Waals surface area contributed by atoms with Gasteiger partial charge in [0, 0.05) is 19.6 Å². The second kappa shape index (κ2) is 5.64. The zero-order valence-corrected chi connectivity index (χ0v) is 12.1. The summed E-state index contributed by atoms with van der Waals surface area (Å²) in [7, 11) is 1.82. The number of benzene rings is 1. The third-order valence-corrected chi connectivity index (χ3v) is 4.37. The molecule has 1 aliphatic carbocycles. The lowest BCUT2D eigenvalue weighted by Crippen LogP contribution is -2.47. The van der Waals surface area contributed by atoms with Gasteiger partial charge in [-0.05, 0) is 37.5 Å². The number of carbonyl (C=O) groups is 1. The predicted octanol–water partition coefficient (Wildman–Crippen LogP) is 2.03. The molecule has 0 aliphatic heterocycles. The van der Waals surface area contributed by atoms with Crippen molar-refractivity contribution in [1.82, 2.24) is 4.90 Å². The van der Waals surface area contributed by atoms with Gasteiger partial charge in [-0.1, -0.05) is 18.6 Å². The Labute approximate surface area is 120 Å². The molecule has 0 heterocycles. The van der Waals surface area contributed by atoms with E-state index in [1.165, 1.54) is 0 Å². The Bertz CT molecular complexity index is 532. The fraction of sp³-hybridized carbons (Fsp3) is 0.500. The van der Waals surface area contributed by atoms with Crippen LogP contribution >= 0.6 is 0 Å². The van der Waals surface area contributed by atoms with E-state index in [1.54, 1.807) is 17.0 Å². The van der Waals surface area contributed by atoms with Gasteiger partial charge in [-0.25, -0.2) is 0 Å². The molecule has 20 heavy (non-hydrogen) atoms. The number of hydrogen-bond donors (Lipinski definition) is 1. The first kappa shape index (κ1) is 14.5. The fourth-order valence-corrected chi connectivity index (χ4v) is 2.93. The van der Waals surface area contributed by atoms with Gasteiger partial charge in [0.2, 0.25) is 5.91 Å². The van der Waals surface area contributed by atoms with E-state index in [0.29, 0.717) is 12.1 Å². The van der Waals surface area contributed by atoms with Gasteiger partial charge in [0.25, 0.3) is 0 Å². The molecule has 2 unspecified atom stereocenters. The van der Waals surface area contributed by atoms with Gasteiger partial charge < -0.3 is 10.6 Å². The zero-order valence-electron chi connectivity index (χ0n) is 12.1. The summed E-state index contributed by atoms with van der Waals surface area (Å²) < 4.78 is 0. The molecule has 0 spiro atoms. The van der Waals surface area contributed by atoms with E-state index in [0.717, 1.165) is 24.8 Å². The summed E-state index contributed by atoms with van der Waals surface area (Å²) in [4.78, 5) is 14.3. The molecule has 2 atom stereocenters. The molecule has 4 nitrogen and oxygen atoms in total. The molecule has 106 valence electrons. The fourth-order valence-electron chi connectivity index (χ4n) is 2.93. The molecular formula is C16H21N3O. The van der Waals surface area contributed by atoms with Crippen LogP contribution in [0.15, 0.2) is 24.3 Å². The van der Waals surface area contributed by atoms with Crippen molar-refractivity contribution in [3.8, 4) is 6.07 Å². The van der Waals surface area contributed by atoms with Gasteiger partial charge in [-0.2, -0.15) is 5.26 Å². The Morgan fingerprint density at radius 3 is 2.65 bits per heavy atom. The van der Waals surface area contributed by atoms with E-state index < -0.39 is 5.41 Å². The first-order valence-corrected chi connectivity index (χ1v) is 6.97. The first-order chi connectivity index (χ1) is 9.47. The molecule has 0 radical (unpaired) electrons. The van der Waals surface area contributed by atoms with Crippen molar-refractivity contribution in [2.75, 3.05) is 7.05 Å². The Balaban J connectivity index is 2.06. The molecule has 1 fully saturated rings. The van der Waals surface area contributed by atoms with Gasteiger partial charge >= 0.3 is 0 Å². The summed E-state index contributed by atoms with van der Waals surface area (Å²) in [5.41, 5.74) is 7.33. The molecule has 0 aromatic heterocycles. The largest absolute Gasteiger partial charge is 0.341 e. The molecule has 1 saturated carbocycles. The molecular weight excluding hydrogens is 250 g/mol. The van der Waals surface area contributed by atoms with Crippen LogP contribution in [0, 0.1) is 16.7 Å². The van der Waals surface area contributed by atoms with Crippen LogP contribution in [0.2, 0.25) is 0 Å². The highest BCUT2D eigenvalue weighted by atomic mass is 16.2. The van der Waals surface area contributed by atoms with Crippen LogP contribution in [0.5, 0.6) is 0 Å². The van der Waals surface area contributed by atoms with E-state index >= 15 is 0 Å². The summed E-state index contributed by atoms with van der Waals surface area (Å²) >= 11 is 0. The van der Waals surface area contributed by atoms with Crippen LogP contribution in [0.25, 0.3) is 0 Å². The van der Waals surface area contributed by atoms with Crippen molar-refractivity contribution in [2.45, 2.75) is 38.8 Å². The lowest BCUT2D eigenvalue weighted by Gasteiger charge is -2.32. The average molecular weight is 271 g/mol. The number of hydrogen-bond acceptors (Lipinski definition) is 3. The van der Waals surface area contributed by atoms with Crippen molar-refractivity contribution in [3.63, 3.8) is 0 Å². The minimum Gasteiger partial charge on any atom is -0.341 e. The Hall–Kier alpha value is -1.86. The lowest BCUT2D eigenvalue weighted by molar-refractivity contribution is -0.140. The summed E-state index contributed by atoms with van der Waals surface area (Å²) in [6.45, 7) is 2.52. The maximum atomic E-state index is 12.6. The second-order valence-electron chi connectivity index (χ2n) is 5.89. The Kier molecular flexibility index (Phi) is 4.10. The lowest BCUT2D eigenvalue weighted by atomic mass is 9.83. The first-order valence-electron chi connectivity index (χ1n) is 6.97. The maximum absolute atomic E-state index is 12.6. The smallest absolute Gasteiger partial charge is 0.230 e. The highest BCUT2D eigenvalue weighted by molar-refractivity contribution is 5.83. The molecule has 1 aromatic carbocycles. The van der Waals surface area contributed by atoms with Crippen LogP contribution in [0.3, 0.4) is 0 Å². The average Bonchev–Trinajstić information content (AvgIpc) is 2.79. The van der Waals surface area contributed by atoms with E-state index in [2.05, 4.69) is 6.07 Å². The van der Waals surface area contributed by atoms with E-state index in [1.807, 2.05) is 26.1 Å². The van der Waals surface area contributed by atoms with Crippen molar-refractivity contribution in [3.05, 3.63) is 35.4 Å². The molecule has 0 saturated heterocycles. The molecule has 1 amide bonds. The van der Waals surface area contributed by atoms with Crippen molar-refractivity contribution in [2.24, 2.45) is 11.1 Å². The minimum absolute atomic E-state index is 0.0431. The van der Waals surface area contributed by atoms with E-state index in [9.17, 15) is 4.79 Å². The standard InChI is InChI=1S/C16H21N3O/c1-16(9-3-4-14(16)18)15(20)19(2)11-13-7-5-12(10-17)6-8-13/h5-8,14H,3-4,9,11,18H2,1-2H3. The third kappa shape index (κ3) is 2.68. The van der Waals surface area contributed by atoms with Crippen molar-refractivity contribution < 1.29 is 4.79 Å². The van der Waals surface area contributed by atoms with E-state index in [-0.39, 0.29) is 11.9 Å². The van der Waals surface area contributed by atoms with Crippen LogP contribution < -0.4 is 5.73 Å². The van der Waals surface area contributed by atoms with E-state index in [4.69, 9.17) is 11.0 Å². The Morgan fingerprint density at radius 2 is 2.15 bits per heavy atom. The number of nitrogens with zero attached hydrogens (tertiary/aromatic N) is 2. The van der Waals surface area contributed by atoms with Gasteiger partial charge in [0.05, 0.1) is 17.0 Å². The van der Waals surface area contributed by atoms with Gasteiger partial charge in [0.15, 0.2) is 0 Å². The van der Waals surface area contributed by atoms with Crippen LogP contribution in [-0.2, 0) is 11.3 Å². The van der Waals surface area contributed by atoms with Crippen LogP contribution in [-0.4, -0.2) is 23.9 Å². The molecule has 2 rings (SSSR count). The van der Waals surface area contributed by atoms with Gasteiger partial charge in [-0.15, -0.1) is 0 Å². The summed E-state index contributed by atoms with van der Waals surface area (Å²) in [5.74, 6) is 0.117. The molecule has 1 aliphatic rings. The summed E-state index contributed by atoms with van der Waals surface area (Å²) in [5, 5.41) is 8.78. The highest BCUT2D eigenvalue weighted by Crippen LogP contribution is 2.38. The van der Waals surface area contributed by atoms with Gasteiger partial charge in [0.1, 0.15) is 0 Å². The normalized spacial score (nSPS) is 25.2. The molecule has 0 bridgehead atoms. The number of amides is 1. The minimum atomic E-state index is -0.429. The number of rotatable bonds is 3. The number of nitriles is 1. The van der Waals surface area contributed by atoms with Gasteiger partial charge in [-0.3, -0.25) is 4.79 Å². The predicted molar refractivity (Wildman–Crippen MR) is 77.6 cm³/mol. The molecule has 4 heteroatoms. The van der Waals surface area contributed by atoms with Crippen LogP contribution in [0.1, 0.15) is 37.3 Å². The molecule has 2 N–H and O–H groups in total. The van der Waals surface area contributed by atoms with Crippen LogP contribution in [0.4, 0.5) is 0 Å². The second-order valence-corrected chi connectivity index (χ2v) is 5.89. The SMILES string of the molecule is CN(Cc1ccc(C#N)cc1)C(=O)C1(C)CCCC1N. The molecule has 1 aromatic rings. The topological polar surface area (TPSA) is 70.1 Å². The summed E-state index contributed by atoms with van der Waals surface area (Å²) in [6, 6.07) is 9.37. The monoisotopic (exact) mass is 271 g/mol. The van der Waals surface area contributed by atoms with Crippen molar-refractivity contribution in [1.29, 1.82) is 5.26 Å². The highest BCUT2D eigenvalue weighted by Gasteiger charge is 2.44. The maximum Gasteiger partial charge on any atom is 0.230 e. The number of carbonyl (C=O) groups excluding carboxylic acids is 1. The van der Waals surface area contributed by atoms with Crippen molar-refractivity contribution >= 4 is 5.91 Å². The zero-order chi connectivity index (χ0) is 14.8. The Morgan fingerprint density at radius 1 is 1.50 bits per heavy atom. The third-order valence-electron chi connectivity index (χ3n) is 4.37. The number of nitrogens with two attached hydrogens (primary N) is 1.